The van der Waals surface area contributed by atoms with Crippen molar-refractivity contribution < 1.29 is 38.3 Å². The number of hydrogen-bond acceptors (Lipinski definition) is 4. The topological polar surface area (TPSA) is 63.6 Å². The first-order chi connectivity index (χ1) is 7.97. The second kappa shape index (κ2) is 5.50. The van der Waals surface area contributed by atoms with E-state index in [1.54, 1.807) is 11.0 Å². The Balaban J connectivity index is 0.00000162. The molecule has 7 heteroatoms. The molecule has 0 aliphatic carbocycles. The van der Waals surface area contributed by atoms with Gasteiger partial charge in [0.15, 0.2) is 5.67 Å². The van der Waals surface area contributed by atoms with Crippen LogP contribution >= 0.6 is 11.6 Å². The SMILES string of the molecule is O=C([O-])c1cccc(N2CC(F)(CO)C2)c1Cl.[Li+]. The van der Waals surface area contributed by atoms with Gasteiger partial charge in [-0.15, -0.1) is 0 Å². The van der Waals surface area contributed by atoms with Gasteiger partial charge in [0.2, 0.25) is 0 Å². The molecule has 1 saturated heterocycles. The minimum absolute atomic E-state index is 0. The summed E-state index contributed by atoms with van der Waals surface area (Å²) in [5.74, 6) is -1.37. The fourth-order valence-electron chi connectivity index (χ4n) is 1.83. The molecule has 0 atom stereocenters. The van der Waals surface area contributed by atoms with Gasteiger partial charge in [-0.1, -0.05) is 23.7 Å². The summed E-state index contributed by atoms with van der Waals surface area (Å²) in [6.07, 6.45) is 0. The van der Waals surface area contributed by atoms with Crippen LogP contribution in [0.4, 0.5) is 10.1 Å². The van der Waals surface area contributed by atoms with Gasteiger partial charge in [0, 0.05) is 5.56 Å². The van der Waals surface area contributed by atoms with Gasteiger partial charge in [-0.2, -0.15) is 0 Å². The molecular formula is C11H10ClFLiNO3. The van der Waals surface area contributed by atoms with Crippen LogP contribution in [0.1, 0.15) is 10.4 Å². The van der Waals surface area contributed by atoms with E-state index in [-0.39, 0.29) is 42.5 Å². The molecule has 0 radical (unpaired) electrons. The van der Waals surface area contributed by atoms with Crippen LogP contribution in [0.25, 0.3) is 0 Å². The number of alkyl halides is 1. The van der Waals surface area contributed by atoms with Gasteiger partial charge in [0.1, 0.15) is 0 Å². The number of aliphatic hydroxyl groups is 1. The zero-order valence-electron chi connectivity index (χ0n) is 9.82. The molecule has 0 aromatic heterocycles. The fraction of sp³-hybridized carbons (Fsp3) is 0.364. The fourth-order valence-corrected chi connectivity index (χ4v) is 2.15. The summed E-state index contributed by atoms with van der Waals surface area (Å²) in [7, 11) is 0. The average Bonchev–Trinajstić information content (AvgIpc) is 2.25. The van der Waals surface area contributed by atoms with Gasteiger partial charge in [0.05, 0.1) is 36.4 Å². The van der Waals surface area contributed by atoms with Crippen molar-refractivity contribution >= 4 is 23.3 Å². The molecule has 1 aromatic carbocycles. The molecule has 0 saturated carbocycles. The zero-order chi connectivity index (χ0) is 12.6. The second-order valence-corrected chi connectivity index (χ2v) is 4.47. The van der Waals surface area contributed by atoms with Crippen molar-refractivity contribution in [3.05, 3.63) is 28.8 Å². The molecule has 1 heterocycles. The number of nitrogens with zero attached hydrogens (tertiary/aromatic N) is 1. The number of halogens is 2. The van der Waals surface area contributed by atoms with E-state index in [1.165, 1.54) is 12.1 Å². The van der Waals surface area contributed by atoms with E-state index in [2.05, 4.69) is 0 Å². The van der Waals surface area contributed by atoms with Crippen molar-refractivity contribution in [2.45, 2.75) is 5.67 Å². The largest absolute Gasteiger partial charge is 1.00 e. The molecule has 4 nitrogen and oxygen atoms in total. The van der Waals surface area contributed by atoms with Crippen LogP contribution in [0.3, 0.4) is 0 Å². The van der Waals surface area contributed by atoms with Gasteiger partial charge in [-0.05, 0) is 6.07 Å². The van der Waals surface area contributed by atoms with Gasteiger partial charge in [0.25, 0.3) is 0 Å². The first-order valence-electron chi connectivity index (χ1n) is 5.01. The van der Waals surface area contributed by atoms with E-state index < -0.39 is 18.2 Å². The summed E-state index contributed by atoms with van der Waals surface area (Å²) in [6, 6.07) is 4.45. The Labute approximate surface area is 121 Å². The number of anilines is 1. The van der Waals surface area contributed by atoms with Crippen LogP contribution in [0.5, 0.6) is 0 Å². The van der Waals surface area contributed by atoms with E-state index in [9.17, 15) is 14.3 Å². The van der Waals surface area contributed by atoms with Crippen LogP contribution in [-0.2, 0) is 0 Å². The van der Waals surface area contributed by atoms with E-state index in [0.717, 1.165) is 0 Å². The van der Waals surface area contributed by atoms with Crippen molar-refractivity contribution in [2.24, 2.45) is 0 Å². The van der Waals surface area contributed by atoms with Crippen molar-refractivity contribution in [3.8, 4) is 0 Å². The molecule has 1 aromatic rings. The maximum Gasteiger partial charge on any atom is 1.00 e. The summed E-state index contributed by atoms with van der Waals surface area (Å²) in [6.45, 7) is -0.555. The number of carboxylic acids is 1. The third-order valence-electron chi connectivity index (χ3n) is 2.77. The molecule has 92 valence electrons. The summed E-state index contributed by atoms with van der Waals surface area (Å²) < 4.78 is 13.5. The number of rotatable bonds is 3. The number of aromatic carboxylic acids is 1. The van der Waals surface area contributed by atoms with Crippen molar-refractivity contribution in [1.29, 1.82) is 0 Å². The van der Waals surface area contributed by atoms with Crippen LogP contribution in [0, 0.1) is 0 Å². The molecule has 0 bridgehead atoms. The molecular weight excluding hydrogens is 256 g/mol. The number of carbonyl (C=O) groups is 1. The number of aliphatic hydroxyl groups excluding tert-OH is 1. The molecule has 1 fully saturated rings. The van der Waals surface area contributed by atoms with Crippen molar-refractivity contribution in [1.82, 2.24) is 0 Å². The number of benzene rings is 1. The van der Waals surface area contributed by atoms with Gasteiger partial charge < -0.3 is 19.9 Å². The minimum atomic E-state index is -1.62. The first kappa shape index (κ1) is 15.3. The normalized spacial score (nSPS) is 16.7. The van der Waals surface area contributed by atoms with Crippen LogP contribution in [-0.4, -0.2) is 36.4 Å². The second-order valence-electron chi connectivity index (χ2n) is 4.09. The minimum Gasteiger partial charge on any atom is -0.545 e. The van der Waals surface area contributed by atoms with Crippen LogP contribution in [0.2, 0.25) is 5.02 Å². The third-order valence-corrected chi connectivity index (χ3v) is 3.17. The molecule has 1 N–H and O–H groups in total. The van der Waals surface area contributed by atoms with E-state index in [4.69, 9.17) is 16.7 Å². The molecule has 0 spiro atoms. The van der Waals surface area contributed by atoms with Crippen LogP contribution < -0.4 is 28.9 Å². The molecule has 1 aliphatic heterocycles. The molecule has 0 amide bonds. The molecule has 0 unspecified atom stereocenters. The quantitative estimate of drug-likeness (QED) is 0.601. The Bertz CT molecular complexity index is 466. The smallest absolute Gasteiger partial charge is 0.545 e. The van der Waals surface area contributed by atoms with E-state index in [0.29, 0.717) is 5.69 Å². The average molecular weight is 266 g/mol. The Morgan fingerprint density at radius 2 is 2.17 bits per heavy atom. The molecule has 18 heavy (non-hydrogen) atoms. The monoisotopic (exact) mass is 265 g/mol. The molecule has 2 rings (SSSR count). The number of carbonyl (C=O) groups excluding carboxylic acids is 1. The summed E-state index contributed by atoms with van der Waals surface area (Å²) >= 11 is 5.90. The summed E-state index contributed by atoms with van der Waals surface area (Å²) in [5.41, 5.74) is -1.31. The predicted molar refractivity (Wildman–Crippen MR) is 58.9 cm³/mol. The maximum absolute atomic E-state index is 13.5. The number of carboxylic acid groups (broad SMARTS) is 1. The third kappa shape index (κ3) is 2.65. The Kier molecular flexibility index (Phi) is 4.68. The van der Waals surface area contributed by atoms with E-state index in [1.807, 2.05) is 0 Å². The summed E-state index contributed by atoms with van der Waals surface area (Å²) in [4.78, 5) is 12.3. The first-order valence-corrected chi connectivity index (χ1v) is 5.39. The van der Waals surface area contributed by atoms with E-state index >= 15 is 0 Å². The van der Waals surface area contributed by atoms with Gasteiger partial charge in [-0.25, -0.2) is 4.39 Å². The maximum atomic E-state index is 13.5. The Morgan fingerprint density at radius 1 is 1.56 bits per heavy atom. The predicted octanol–water partition coefficient (Wildman–Crippen LogP) is -2.77. The standard InChI is InChI=1S/C11H11ClFNO3.Li/c12-9-7(10(16)17)2-1-3-8(9)14-4-11(13,5-14)6-15;/h1-3,15H,4-6H2,(H,16,17);/q;+1/p-1. The van der Waals surface area contributed by atoms with Crippen molar-refractivity contribution in [2.75, 3.05) is 24.6 Å². The number of hydrogen-bond donors (Lipinski definition) is 1. The van der Waals surface area contributed by atoms with Crippen LogP contribution in [0.15, 0.2) is 18.2 Å². The zero-order valence-corrected chi connectivity index (χ0v) is 10.6. The van der Waals surface area contributed by atoms with Gasteiger partial charge in [-0.3, -0.25) is 0 Å². The molecule has 1 aliphatic rings. The Morgan fingerprint density at radius 3 is 2.67 bits per heavy atom. The Hall–Kier alpha value is -0.733. The van der Waals surface area contributed by atoms with Crippen molar-refractivity contribution in [3.63, 3.8) is 0 Å². The van der Waals surface area contributed by atoms with Gasteiger partial charge >= 0.3 is 18.9 Å². The summed E-state index contributed by atoms with van der Waals surface area (Å²) in [5, 5.41) is 19.6.